The van der Waals surface area contributed by atoms with Crippen molar-refractivity contribution in [3.8, 4) is 5.75 Å². The summed E-state index contributed by atoms with van der Waals surface area (Å²) < 4.78 is 5.75. The molecule has 4 aromatic rings. The average molecular weight is 512 g/mol. The third-order valence-corrected chi connectivity index (χ3v) is 6.30. The Morgan fingerprint density at radius 3 is 2.21 bits per heavy atom. The number of hydrogen-bond donors (Lipinski definition) is 2. The standard InChI is InChI=1S/C28H33N9O/c1-29-12-5-17-38-25-10-8-24(9-11-25)34-26-32-21-33-28(35-26)37-15-13-36(14-16-37)27-30-19-23(20-31-27)18-22-6-3-2-4-7-22/h2-4,6-11,19-21,29H,5,12-18H2,1H3,(H,32,33,34,35). The Morgan fingerprint density at radius 1 is 0.789 bits per heavy atom. The molecule has 2 N–H and O–H groups in total. The van der Waals surface area contributed by atoms with Gasteiger partial charge in [-0.15, -0.1) is 0 Å². The van der Waals surface area contributed by atoms with Gasteiger partial charge in [0.05, 0.1) is 6.61 Å². The van der Waals surface area contributed by atoms with Gasteiger partial charge in [0.1, 0.15) is 12.1 Å². The Bertz CT molecular complexity index is 1260. The van der Waals surface area contributed by atoms with E-state index in [0.717, 1.165) is 68.5 Å². The van der Waals surface area contributed by atoms with Crippen LogP contribution in [0, 0.1) is 0 Å². The van der Waals surface area contributed by atoms with Gasteiger partial charge in [-0.05, 0) is 55.4 Å². The average Bonchev–Trinajstić information content (AvgIpc) is 2.97. The highest BCUT2D eigenvalue weighted by molar-refractivity contribution is 5.55. The molecule has 10 nitrogen and oxygen atoms in total. The van der Waals surface area contributed by atoms with Crippen LogP contribution in [0.2, 0.25) is 0 Å². The lowest BCUT2D eigenvalue weighted by Crippen LogP contribution is -2.47. The van der Waals surface area contributed by atoms with E-state index in [0.29, 0.717) is 18.5 Å². The highest BCUT2D eigenvalue weighted by atomic mass is 16.5. The molecule has 0 unspecified atom stereocenters. The van der Waals surface area contributed by atoms with Gasteiger partial charge in [0.25, 0.3) is 0 Å². The number of nitrogens with one attached hydrogen (secondary N) is 2. The number of rotatable bonds is 11. The van der Waals surface area contributed by atoms with Crippen LogP contribution in [0.15, 0.2) is 73.3 Å². The van der Waals surface area contributed by atoms with Gasteiger partial charge in [-0.1, -0.05) is 30.3 Å². The zero-order valence-corrected chi connectivity index (χ0v) is 21.6. The van der Waals surface area contributed by atoms with Crippen molar-refractivity contribution in [1.29, 1.82) is 0 Å². The summed E-state index contributed by atoms with van der Waals surface area (Å²) in [6, 6.07) is 18.2. The van der Waals surface area contributed by atoms with Crippen molar-refractivity contribution in [1.82, 2.24) is 30.2 Å². The Balaban J connectivity index is 1.12. The van der Waals surface area contributed by atoms with Crippen LogP contribution in [0.3, 0.4) is 0 Å². The summed E-state index contributed by atoms with van der Waals surface area (Å²) in [7, 11) is 1.94. The number of nitrogens with zero attached hydrogens (tertiary/aromatic N) is 7. The highest BCUT2D eigenvalue weighted by Gasteiger charge is 2.21. The van der Waals surface area contributed by atoms with Gasteiger partial charge in [0, 0.05) is 50.7 Å². The molecule has 3 heterocycles. The molecule has 2 aromatic heterocycles. The van der Waals surface area contributed by atoms with E-state index in [4.69, 9.17) is 4.74 Å². The van der Waals surface area contributed by atoms with Crippen LogP contribution in [-0.2, 0) is 6.42 Å². The van der Waals surface area contributed by atoms with Crippen LogP contribution >= 0.6 is 0 Å². The number of aromatic nitrogens is 5. The molecule has 1 fully saturated rings. The Kier molecular flexibility index (Phi) is 8.52. The topological polar surface area (TPSA) is 104 Å². The van der Waals surface area contributed by atoms with Gasteiger partial charge in [0.2, 0.25) is 17.8 Å². The normalized spacial score (nSPS) is 13.4. The summed E-state index contributed by atoms with van der Waals surface area (Å²) >= 11 is 0. The maximum absolute atomic E-state index is 5.75. The van der Waals surface area contributed by atoms with Crippen LogP contribution in [0.25, 0.3) is 0 Å². The lowest BCUT2D eigenvalue weighted by Gasteiger charge is -2.34. The summed E-state index contributed by atoms with van der Waals surface area (Å²) in [4.78, 5) is 26.9. The Morgan fingerprint density at radius 2 is 1.50 bits per heavy atom. The molecule has 1 aliphatic heterocycles. The SMILES string of the molecule is CNCCCOc1ccc(Nc2ncnc(N3CCN(c4ncc(Cc5ccccc5)cn4)CC3)n2)cc1. The molecule has 1 aliphatic rings. The van der Waals surface area contributed by atoms with Crippen molar-refractivity contribution in [2.24, 2.45) is 0 Å². The fourth-order valence-corrected chi connectivity index (χ4v) is 4.24. The zero-order chi connectivity index (χ0) is 26.0. The van der Waals surface area contributed by atoms with Crippen LogP contribution in [-0.4, -0.2) is 71.3 Å². The number of anilines is 4. The molecule has 38 heavy (non-hydrogen) atoms. The molecule has 5 rings (SSSR count). The van der Waals surface area contributed by atoms with Crippen molar-refractivity contribution < 1.29 is 4.74 Å². The van der Waals surface area contributed by atoms with Crippen LogP contribution in [0.5, 0.6) is 5.75 Å². The summed E-state index contributed by atoms with van der Waals surface area (Å²) in [6.45, 7) is 4.76. The smallest absolute Gasteiger partial charge is 0.231 e. The molecule has 0 bridgehead atoms. The van der Waals surface area contributed by atoms with Crippen molar-refractivity contribution in [3.63, 3.8) is 0 Å². The Hall–Kier alpha value is -4.31. The fourth-order valence-electron chi connectivity index (χ4n) is 4.24. The maximum atomic E-state index is 5.75. The van der Waals surface area contributed by atoms with Gasteiger partial charge in [-0.25, -0.2) is 19.9 Å². The molecule has 0 spiro atoms. The summed E-state index contributed by atoms with van der Waals surface area (Å²) in [5.74, 6) is 2.77. The van der Waals surface area contributed by atoms with Crippen LogP contribution < -0.4 is 25.2 Å². The first-order valence-corrected chi connectivity index (χ1v) is 12.9. The first-order valence-electron chi connectivity index (χ1n) is 12.9. The van der Waals surface area contributed by atoms with E-state index < -0.39 is 0 Å². The van der Waals surface area contributed by atoms with Gasteiger partial charge in [-0.3, -0.25) is 0 Å². The van der Waals surface area contributed by atoms with Gasteiger partial charge in [-0.2, -0.15) is 4.98 Å². The van der Waals surface area contributed by atoms with E-state index in [-0.39, 0.29) is 0 Å². The molecule has 0 atom stereocenters. The second kappa shape index (κ2) is 12.8. The minimum Gasteiger partial charge on any atom is -0.494 e. The lowest BCUT2D eigenvalue weighted by atomic mass is 10.1. The molecule has 2 aromatic carbocycles. The monoisotopic (exact) mass is 511 g/mol. The maximum Gasteiger partial charge on any atom is 0.231 e. The number of benzene rings is 2. The van der Waals surface area contributed by atoms with Crippen molar-refractivity contribution in [3.05, 3.63) is 84.4 Å². The molecular formula is C28H33N9O. The van der Waals surface area contributed by atoms with E-state index in [1.807, 2.05) is 49.8 Å². The molecule has 0 saturated carbocycles. The molecule has 1 saturated heterocycles. The van der Waals surface area contributed by atoms with Gasteiger partial charge in [0.15, 0.2) is 0 Å². The highest BCUT2D eigenvalue weighted by Crippen LogP contribution is 2.20. The van der Waals surface area contributed by atoms with E-state index in [1.54, 1.807) is 6.33 Å². The molecule has 0 aliphatic carbocycles. The van der Waals surface area contributed by atoms with Crippen molar-refractivity contribution in [2.45, 2.75) is 12.8 Å². The summed E-state index contributed by atoms with van der Waals surface area (Å²) in [5, 5.41) is 6.38. The predicted octanol–water partition coefficient (Wildman–Crippen LogP) is 3.31. The zero-order valence-electron chi connectivity index (χ0n) is 21.6. The minimum absolute atomic E-state index is 0.512. The number of hydrogen-bond acceptors (Lipinski definition) is 10. The predicted molar refractivity (Wildman–Crippen MR) is 149 cm³/mol. The Labute approximate surface area is 223 Å². The third-order valence-electron chi connectivity index (χ3n) is 6.30. The second-order valence-corrected chi connectivity index (χ2v) is 9.09. The summed E-state index contributed by atoms with van der Waals surface area (Å²) in [6.07, 6.45) is 7.19. The second-order valence-electron chi connectivity index (χ2n) is 9.09. The first kappa shape index (κ1) is 25.3. The first-order chi connectivity index (χ1) is 18.8. The van der Waals surface area contributed by atoms with E-state index in [9.17, 15) is 0 Å². The number of ether oxygens (including phenoxy) is 1. The van der Waals surface area contributed by atoms with Crippen LogP contribution in [0.4, 0.5) is 23.5 Å². The quantitative estimate of drug-likeness (QED) is 0.292. The van der Waals surface area contributed by atoms with Crippen molar-refractivity contribution >= 4 is 23.5 Å². The molecule has 0 radical (unpaired) electrons. The number of piperazine rings is 1. The minimum atomic E-state index is 0.512. The molecule has 10 heteroatoms. The molecular weight excluding hydrogens is 478 g/mol. The van der Waals surface area contributed by atoms with E-state index >= 15 is 0 Å². The molecule has 196 valence electrons. The van der Waals surface area contributed by atoms with E-state index in [2.05, 4.69) is 69.6 Å². The fraction of sp³-hybridized carbons (Fsp3) is 0.321. The largest absolute Gasteiger partial charge is 0.494 e. The van der Waals surface area contributed by atoms with Gasteiger partial charge >= 0.3 is 0 Å². The summed E-state index contributed by atoms with van der Waals surface area (Å²) in [5.41, 5.74) is 3.25. The molecule has 0 amide bonds. The van der Waals surface area contributed by atoms with Crippen LogP contribution in [0.1, 0.15) is 17.5 Å². The van der Waals surface area contributed by atoms with Crippen molar-refractivity contribution in [2.75, 3.05) is 61.5 Å². The lowest BCUT2D eigenvalue weighted by molar-refractivity contribution is 0.310. The third kappa shape index (κ3) is 6.92. The van der Waals surface area contributed by atoms with Gasteiger partial charge < -0.3 is 25.2 Å². The van der Waals surface area contributed by atoms with E-state index in [1.165, 1.54) is 5.56 Å².